The largest absolute Gasteiger partial charge is 0.372 e. The standard InChI is InChI=1S/C36H54N4O/c1-4-7-8-9-10-11-12-13-14-15-16-17-18-19-23-26-34-35(36(41)40(38-34)33-24-21-20-22-25-33)37-31-27-29-32(30-28-31)39(5-2)6-3/h20-22,24-25,27-30H,4-19,23,26H2,1-3H3. The van der Waals surface area contributed by atoms with Gasteiger partial charge in [0.25, 0.3) is 5.91 Å². The van der Waals surface area contributed by atoms with E-state index >= 15 is 0 Å². The van der Waals surface area contributed by atoms with Crippen molar-refractivity contribution in [3.63, 3.8) is 0 Å². The summed E-state index contributed by atoms with van der Waals surface area (Å²) in [6, 6.07) is 17.9. The third-order valence-corrected chi connectivity index (χ3v) is 8.13. The maximum Gasteiger partial charge on any atom is 0.299 e. The number of unbranched alkanes of at least 4 members (excludes halogenated alkanes) is 14. The third-order valence-electron chi connectivity index (χ3n) is 8.13. The van der Waals surface area contributed by atoms with Crippen LogP contribution in [0, 0.1) is 0 Å². The Hall–Kier alpha value is -2.95. The minimum Gasteiger partial charge on any atom is -0.372 e. The number of nitrogens with zero attached hydrogens (tertiary/aromatic N) is 4. The van der Waals surface area contributed by atoms with Crippen LogP contribution in [-0.2, 0) is 4.79 Å². The quantitative estimate of drug-likeness (QED) is 0.143. The number of carbonyl (C=O) groups excluding carboxylic acids is 1. The van der Waals surface area contributed by atoms with Crippen molar-refractivity contribution in [2.75, 3.05) is 23.0 Å². The van der Waals surface area contributed by atoms with Crippen molar-refractivity contribution in [1.82, 2.24) is 0 Å². The maximum atomic E-state index is 13.4. The summed E-state index contributed by atoms with van der Waals surface area (Å²) in [5, 5.41) is 6.27. The number of benzene rings is 2. The Bertz CT molecular complexity index is 1060. The van der Waals surface area contributed by atoms with E-state index in [2.05, 4.69) is 37.8 Å². The monoisotopic (exact) mass is 558 g/mol. The molecule has 5 nitrogen and oxygen atoms in total. The van der Waals surface area contributed by atoms with Crippen LogP contribution in [0.25, 0.3) is 0 Å². The number of para-hydroxylation sites is 1. The molecule has 0 saturated carbocycles. The average Bonchev–Trinajstić information content (AvgIpc) is 3.31. The lowest BCUT2D eigenvalue weighted by atomic mass is 10.0. The Kier molecular flexibility index (Phi) is 15.3. The Labute approximate surface area is 250 Å². The Balaban J connectivity index is 1.45. The predicted octanol–water partition coefficient (Wildman–Crippen LogP) is 10.3. The second-order valence-electron chi connectivity index (χ2n) is 11.3. The minimum absolute atomic E-state index is 0.139. The summed E-state index contributed by atoms with van der Waals surface area (Å²) in [4.78, 5) is 20.5. The fraction of sp³-hybridized carbons (Fsp3) is 0.583. The third kappa shape index (κ3) is 11.1. The van der Waals surface area contributed by atoms with Crippen molar-refractivity contribution in [2.45, 2.75) is 124 Å². The fourth-order valence-electron chi connectivity index (χ4n) is 5.58. The van der Waals surface area contributed by atoms with Gasteiger partial charge in [-0.3, -0.25) is 4.79 Å². The number of hydrogen-bond acceptors (Lipinski definition) is 4. The topological polar surface area (TPSA) is 48.3 Å². The summed E-state index contributed by atoms with van der Waals surface area (Å²) in [5.74, 6) is -0.139. The number of aliphatic imine (C=N–C) groups is 1. The van der Waals surface area contributed by atoms with Crippen LogP contribution in [0.2, 0.25) is 0 Å². The molecule has 0 fully saturated rings. The van der Waals surface area contributed by atoms with E-state index in [9.17, 15) is 4.79 Å². The highest BCUT2D eigenvalue weighted by atomic mass is 16.2. The normalized spacial score (nSPS) is 14.2. The fourth-order valence-corrected chi connectivity index (χ4v) is 5.58. The molecule has 0 unspecified atom stereocenters. The van der Waals surface area contributed by atoms with E-state index in [1.165, 1.54) is 101 Å². The summed E-state index contributed by atoms with van der Waals surface area (Å²) in [6.45, 7) is 8.53. The zero-order valence-electron chi connectivity index (χ0n) is 26.1. The molecule has 0 spiro atoms. The molecule has 0 aliphatic carbocycles. The Morgan fingerprint density at radius 2 is 1.17 bits per heavy atom. The van der Waals surface area contributed by atoms with Crippen molar-refractivity contribution >= 4 is 34.4 Å². The first-order valence-electron chi connectivity index (χ1n) is 16.6. The zero-order valence-corrected chi connectivity index (χ0v) is 26.1. The number of rotatable bonds is 21. The van der Waals surface area contributed by atoms with Crippen LogP contribution < -0.4 is 9.91 Å². The number of amides is 1. The SMILES string of the molecule is CCCCCCCCCCCCCCCCCC1=NN(c2ccccc2)C(=O)C1=Nc1ccc(N(CC)CC)cc1. The number of hydrogen-bond donors (Lipinski definition) is 0. The van der Waals surface area contributed by atoms with Crippen molar-refractivity contribution in [2.24, 2.45) is 10.1 Å². The molecule has 224 valence electrons. The molecule has 0 saturated heterocycles. The Morgan fingerprint density at radius 3 is 1.68 bits per heavy atom. The molecule has 1 heterocycles. The van der Waals surface area contributed by atoms with Crippen LogP contribution in [0.4, 0.5) is 17.1 Å². The summed E-state index contributed by atoms with van der Waals surface area (Å²) in [6.07, 6.45) is 20.9. The highest BCUT2D eigenvalue weighted by Gasteiger charge is 2.32. The van der Waals surface area contributed by atoms with E-state index in [1.807, 2.05) is 42.5 Å². The van der Waals surface area contributed by atoms with Crippen LogP contribution in [0.1, 0.15) is 124 Å². The molecule has 2 aromatic rings. The maximum absolute atomic E-state index is 13.4. The van der Waals surface area contributed by atoms with E-state index in [0.29, 0.717) is 5.71 Å². The summed E-state index contributed by atoms with van der Waals surface area (Å²) >= 11 is 0. The van der Waals surface area contributed by atoms with Crippen LogP contribution in [0.3, 0.4) is 0 Å². The van der Waals surface area contributed by atoms with Crippen LogP contribution in [0.15, 0.2) is 64.7 Å². The molecule has 0 aromatic heterocycles. The number of hydrazone groups is 1. The van der Waals surface area contributed by atoms with Gasteiger partial charge in [-0.2, -0.15) is 10.1 Å². The lowest BCUT2D eigenvalue weighted by Crippen LogP contribution is -2.27. The molecule has 1 aliphatic rings. The molecular formula is C36H54N4O. The summed E-state index contributed by atoms with van der Waals surface area (Å²) in [7, 11) is 0. The van der Waals surface area contributed by atoms with E-state index in [0.717, 1.165) is 43.0 Å². The first-order chi connectivity index (χ1) is 20.2. The van der Waals surface area contributed by atoms with Crippen molar-refractivity contribution in [3.8, 4) is 0 Å². The second-order valence-corrected chi connectivity index (χ2v) is 11.3. The van der Waals surface area contributed by atoms with Crippen molar-refractivity contribution < 1.29 is 4.79 Å². The van der Waals surface area contributed by atoms with Gasteiger partial charge in [-0.05, 0) is 63.1 Å². The molecule has 1 aliphatic heterocycles. The first-order valence-corrected chi connectivity index (χ1v) is 16.6. The van der Waals surface area contributed by atoms with Crippen LogP contribution >= 0.6 is 0 Å². The molecule has 41 heavy (non-hydrogen) atoms. The van der Waals surface area contributed by atoms with Gasteiger partial charge in [0.05, 0.1) is 17.1 Å². The molecule has 0 atom stereocenters. The molecule has 0 N–H and O–H groups in total. The van der Waals surface area contributed by atoms with E-state index < -0.39 is 0 Å². The van der Waals surface area contributed by atoms with Crippen molar-refractivity contribution in [3.05, 3.63) is 54.6 Å². The highest BCUT2D eigenvalue weighted by Crippen LogP contribution is 2.25. The van der Waals surface area contributed by atoms with Crippen LogP contribution in [-0.4, -0.2) is 30.4 Å². The molecule has 2 aromatic carbocycles. The molecule has 0 bridgehead atoms. The van der Waals surface area contributed by atoms with Crippen molar-refractivity contribution in [1.29, 1.82) is 0 Å². The van der Waals surface area contributed by atoms with Gasteiger partial charge < -0.3 is 4.90 Å². The van der Waals surface area contributed by atoms with Gasteiger partial charge in [-0.25, -0.2) is 4.99 Å². The first kappa shape index (κ1) is 32.6. The lowest BCUT2D eigenvalue weighted by Gasteiger charge is -2.20. The summed E-state index contributed by atoms with van der Waals surface area (Å²) < 4.78 is 0. The molecule has 3 rings (SSSR count). The van der Waals surface area contributed by atoms with Gasteiger partial charge in [0.2, 0.25) is 0 Å². The van der Waals surface area contributed by atoms with E-state index in [4.69, 9.17) is 10.1 Å². The number of carbonyl (C=O) groups is 1. The molecule has 0 radical (unpaired) electrons. The van der Waals surface area contributed by atoms with Gasteiger partial charge in [-0.1, -0.05) is 115 Å². The predicted molar refractivity (Wildman–Crippen MR) is 178 cm³/mol. The molecular weight excluding hydrogens is 504 g/mol. The van der Waals surface area contributed by atoms with Crippen LogP contribution in [0.5, 0.6) is 0 Å². The minimum atomic E-state index is -0.139. The second kappa shape index (κ2) is 19.2. The molecule has 1 amide bonds. The Morgan fingerprint density at radius 1 is 0.659 bits per heavy atom. The molecule has 5 heteroatoms. The van der Waals surface area contributed by atoms with E-state index in [-0.39, 0.29) is 5.91 Å². The highest BCUT2D eigenvalue weighted by molar-refractivity contribution is 6.71. The van der Waals surface area contributed by atoms with Gasteiger partial charge in [0.15, 0.2) is 5.71 Å². The van der Waals surface area contributed by atoms with Gasteiger partial charge >= 0.3 is 0 Å². The van der Waals surface area contributed by atoms with Gasteiger partial charge in [0.1, 0.15) is 0 Å². The average molecular weight is 559 g/mol. The lowest BCUT2D eigenvalue weighted by molar-refractivity contribution is -0.112. The smallest absolute Gasteiger partial charge is 0.299 e. The zero-order chi connectivity index (χ0) is 29.1. The van der Waals surface area contributed by atoms with E-state index in [1.54, 1.807) is 0 Å². The number of anilines is 2. The summed E-state index contributed by atoms with van der Waals surface area (Å²) in [5.41, 5.74) is 4.04. The van der Waals surface area contributed by atoms with Gasteiger partial charge in [0, 0.05) is 18.8 Å². The van der Waals surface area contributed by atoms with Gasteiger partial charge in [-0.15, -0.1) is 0 Å².